The van der Waals surface area contributed by atoms with E-state index in [9.17, 15) is 4.79 Å². The van der Waals surface area contributed by atoms with Gasteiger partial charge in [0.25, 0.3) is 0 Å². The van der Waals surface area contributed by atoms with Crippen LogP contribution in [0.1, 0.15) is 44.6 Å². The number of hydrogen-bond acceptors (Lipinski definition) is 3. The molecule has 0 amide bonds. The molecule has 0 unspecified atom stereocenters. The summed E-state index contributed by atoms with van der Waals surface area (Å²) in [6.45, 7) is 2.77. The Bertz CT molecular complexity index is 430. The van der Waals surface area contributed by atoms with Crippen molar-refractivity contribution >= 4 is 5.78 Å². The van der Waals surface area contributed by atoms with Gasteiger partial charge in [-0.2, -0.15) is 5.10 Å². The van der Waals surface area contributed by atoms with Crippen LogP contribution in [0.3, 0.4) is 0 Å². The summed E-state index contributed by atoms with van der Waals surface area (Å²) in [4.78, 5) is 12.5. The predicted octanol–water partition coefficient (Wildman–Crippen LogP) is 2.08. The molecule has 0 atom stereocenters. The molecule has 0 aliphatic heterocycles. The van der Waals surface area contributed by atoms with E-state index in [1.165, 1.54) is 0 Å². The van der Waals surface area contributed by atoms with E-state index < -0.39 is 0 Å². The molecule has 1 aliphatic carbocycles. The van der Waals surface area contributed by atoms with Crippen LogP contribution < -0.4 is 5.73 Å². The number of hydrogen-bond donors (Lipinski definition) is 1. The van der Waals surface area contributed by atoms with Crippen LogP contribution in [-0.4, -0.2) is 22.1 Å². The van der Waals surface area contributed by atoms with Crippen molar-refractivity contribution in [1.82, 2.24) is 9.78 Å². The standard InChI is InChI=1S/C15H25N3O/c1-12-5-7-15(11-16,8-6-12)14(19)4-3-13-9-17-18(2)10-13/h9-10,12H,3-8,11,16H2,1-2H3. The molecule has 19 heavy (non-hydrogen) atoms. The molecule has 0 aromatic carbocycles. The van der Waals surface area contributed by atoms with Crippen LogP contribution >= 0.6 is 0 Å². The Morgan fingerprint density at radius 1 is 1.53 bits per heavy atom. The van der Waals surface area contributed by atoms with Crippen LogP contribution in [0, 0.1) is 11.3 Å². The first-order chi connectivity index (χ1) is 9.05. The number of ketones is 1. The maximum atomic E-state index is 12.5. The lowest BCUT2D eigenvalue weighted by Crippen LogP contribution is -2.41. The van der Waals surface area contributed by atoms with Crippen LogP contribution in [-0.2, 0) is 18.3 Å². The van der Waals surface area contributed by atoms with Crippen LogP contribution in [0.15, 0.2) is 12.4 Å². The van der Waals surface area contributed by atoms with E-state index in [4.69, 9.17) is 5.73 Å². The summed E-state index contributed by atoms with van der Waals surface area (Å²) in [5.41, 5.74) is 6.81. The summed E-state index contributed by atoms with van der Waals surface area (Å²) in [7, 11) is 1.90. The second-order valence-corrected chi connectivity index (χ2v) is 6.11. The minimum Gasteiger partial charge on any atom is -0.329 e. The van der Waals surface area contributed by atoms with Gasteiger partial charge in [-0.15, -0.1) is 0 Å². The highest BCUT2D eigenvalue weighted by Crippen LogP contribution is 2.39. The number of carbonyl (C=O) groups excluding carboxylic acids is 1. The summed E-state index contributed by atoms with van der Waals surface area (Å²) >= 11 is 0. The first-order valence-electron chi connectivity index (χ1n) is 7.26. The molecule has 1 fully saturated rings. The summed E-state index contributed by atoms with van der Waals surface area (Å²) in [6.07, 6.45) is 9.40. The molecule has 0 radical (unpaired) electrons. The third kappa shape index (κ3) is 3.24. The van der Waals surface area contributed by atoms with Crippen molar-refractivity contribution in [3.63, 3.8) is 0 Å². The van der Waals surface area contributed by atoms with Gasteiger partial charge < -0.3 is 5.73 Å². The van der Waals surface area contributed by atoms with Gasteiger partial charge in [-0.25, -0.2) is 0 Å². The van der Waals surface area contributed by atoms with Gasteiger partial charge in [-0.3, -0.25) is 9.48 Å². The van der Waals surface area contributed by atoms with E-state index in [-0.39, 0.29) is 5.41 Å². The van der Waals surface area contributed by atoms with Crippen molar-refractivity contribution in [3.8, 4) is 0 Å². The number of rotatable bonds is 5. The average molecular weight is 263 g/mol. The Labute approximate surface area is 115 Å². The second kappa shape index (κ2) is 5.87. The highest BCUT2D eigenvalue weighted by atomic mass is 16.1. The number of carbonyl (C=O) groups is 1. The van der Waals surface area contributed by atoms with E-state index in [1.54, 1.807) is 4.68 Å². The van der Waals surface area contributed by atoms with Crippen LogP contribution in [0.4, 0.5) is 0 Å². The molecule has 0 saturated heterocycles. The predicted molar refractivity (Wildman–Crippen MR) is 75.7 cm³/mol. The monoisotopic (exact) mass is 263 g/mol. The number of nitrogens with two attached hydrogens (primary N) is 1. The van der Waals surface area contributed by atoms with Gasteiger partial charge in [0.2, 0.25) is 0 Å². The highest BCUT2D eigenvalue weighted by molar-refractivity contribution is 5.85. The van der Waals surface area contributed by atoms with Gasteiger partial charge in [0.15, 0.2) is 0 Å². The SMILES string of the molecule is CC1CCC(CN)(C(=O)CCc2cnn(C)c2)CC1. The number of aromatic nitrogens is 2. The first kappa shape index (κ1) is 14.3. The lowest BCUT2D eigenvalue weighted by Gasteiger charge is -2.37. The molecule has 106 valence electrons. The lowest BCUT2D eigenvalue weighted by molar-refractivity contribution is -0.130. The molecule has 1 aromatic rings. The third-order valence-electron chi connectivity index (χ3n) is 4.61. The van der Waals surface area contributed by atoms with Crippen LogP contribution in [0.2, 0.25) is 0 Å². The fraction of sp³-hybridized carbons (Fsp3) is 0.733. The topological polar surface area (TPSA) is 60.9 Å². The third-order valence-corrected chi connectivity index (χ3v) is 4.61. The zero-order valence-corrected chi connectivity index (χ0v) is 12.1. The van der Waals surface area contributed by atoms with E-state index in [0.29, 0.717) is 18.7 Å². The van der Waals surface area contributed by atoms with E-state index in [0.717, 1.165) is 43.6 Å². The summed E-state index contributed by atoms with van der Waals surface area (Å²) < 4.78 is 1.78. The minimum atomic E-state index is -0.241. The van der Waals surface area contributed by atoms with Crippen molar-refractivity contribution in [2.45, 2.75) is 45.4 Å². The fourth-order valence-electron chi connectivity index (χ4n) is 3.04. The van der Waals surface area contributed by atoms with E-state index >= 15 is 0 Å². The Hall–Kier alpha value is -1.16. The molecule has 1 heterocycles. The summed E-state index contributed by atoms with van der Waals surface area (Å²) in [6, 6.07) is 0. The Morgan fingerprint density at radius 3 is 2.74 bits per heavy atom. The van der Waals surface area contributed by atoms with Gasteiger partial charge in [0.1, 0.15) is 5.78 Å². The Kier molecular flexibility index (Phi) is 4.40. The lowest BCUT2D eigenvalue weighted by atomic mass is 9.67. The molecular weight excluding hydrogens is 238 g/mol. The molecule has 2 N–H and O–H groups in total. The van der Waals surface area contributed by atoms with Gasteiger partial charge in [-0.1, -0.05) is 6.92 Å². The van der Waals surface area contributed by atoms with Gasteiger partial charge in [0.05, 0.1) is 6.20 Å². The normalized spacial score (nSPS) is 27.4. The number of nitrogens with zero attached hydrogens (tertiary/aromatic N) is 2. The maximum absolute atomic E-state index is 12.5. The quantitative estimate of drug-likeness (QED) is 0.884. The highest BCUT2D eigenvalue weighted by Gasteiger charge is 2.38. The molecule has 1 aromatic heterocycles. The second-order valence-electron chi connectivity index (χ2n) is 6.11. The Balaban J connectivity index is 1.93. The molecule has 1 aliphatic rings. The van der Waals surface area contributed by atoms with Crippen molar-refractivity contribution in [3.05, 3.63) is 18.0 Å². The maximum Gasteiger partial charge on any atom is 0.140 e. The van der Waals surface area contributed by atoms with Gasteiger partial charge >= 0.3 is 0 Å². The molecule has 1 saturated carbocycles. The number of Topliss-reactive ketones (excluding diaryl/α,β-unsaturated/α-hetero) is 1. The van der Waals surface area contributed by atoms with E-state index in [2.05, 4.69) is 12.0 Å². The van der Waals surface area contributed by atoms with Gasteiger partial charge in [-0.05, 0) is 43.6 Å². The zero-order chi connectivity index (χ0) is 13.9. The molecule has 0 bridgehead atoms. The van der Waals surface area contributed by atoms with Crippen molar-refractivity contribution in [1.29, 1.82) is 0 Å². The van der Waals surface area contributed by atoms with Crippen LogP contribution in [0.25, 0.3) is 0 Å². The summed E-state index contributed by atoms with van der Waals surface area (Å²) in [5.74, 6) is 1.09. The van der Waals surface area contributed by atoms with Gasteiger partial charge in [0, 0.05) is 31.6 Å². The smallest absolute Gasteiger partial charge is 0.140 e. The van der Waals surface area contributed by atoms with Crippen molar-refractivity contribution < 1.29 is 4.79 Å². The largest absolute Gasteiger partial charge is 0.329 e. The minimum absolute atomic E-state index is 0.241. The first-order valence-corrected chi connectivity index (χ1v) is 7.26. The molecular formula is C15H25N3O. The average Bonchev–Trinajstić information content (AvgIpc) is 2.83. The summed E-state index contributed by atoms with van der Waals surface area (Å²) in [5, 5.41) is 4.14. The van der Waals surface area contributed by atoms with Crippen LogP contribution in [0.5, 0.6) is 0 Å². The number of aryl methyl sites for hydroxylation is 2. The fourth-order valence-corrected chi connectivity index (χ4v) is 3.04. The van der Waals surface area contributed by atoms with Crippen molar-refractivity contribution in [2.75, 3.05) is 6.54 Å². The molecule has 4 heteroatoms. The Morgan fingerprint density at radius 2 is 2.21 bits per heavy atom. The molecule has 2 rings (SSSR count). The molecule has 4 nitrogen and oxygen atoms in total. The molecule has 0 spiro atoms. The van der Waals surface area contributed by atoms with Crippen molar-refractivity contribution in [2.24, 2.45) is 24.1 Å². The van der Waals surface area contributed by atoms with E-state index in [1.807, 2.05) is 19.4 Å². The zero-order valence-electron chi connectivity index (χ0n) is 12.1.